The minimum absolute atomic E-state index is 0.169. The van der Waals surface area contributed by atoms with Crippen LogP contribution in [0.1, 0.15) is 34.6 Å². The van der Waals surface area contributed by atoms with E-state index in [1.807, 2.05) is 0 Å². The van der Waals surface area contributed by atoms with Gasteiger partial charge in [-0.3, -0.25) is 0 Å². The normalized spacial score (nSPS) is 24.4. The summed E-state index contributed by atoms with van der Waals surface area (Å²) in [5.41, 5.74) is -0.169. The largest absolute Gasteiger partial charge is 0.639 e. The molecular formula is C12H26BNO3. The number of nitrogens with zero attached hydrogens (tertiary/aromatic N) is 1. The second-order valence-corrected chi connectivity index (χ2v) is 5.14. The maximum Gasteiger partial charge on any atom is 0.639 e. The first-order chi connectivity index (χ1) is 7.99. The smallest absolute Gasteiger partial charge is 0.385 e. The molecule has 17 heavy (non-hydrogen) atoms. The van der Waals surface area contributed by atoms with Crippen LogP contribution in [-0.4, -0.2) is 50.7 Å². The van der Waals surface area contributed by atoms with E-state index >= 15 is 0 Å². The van der Waals surface area contributed by atoms with Crippen molar-refractivity contribution >= 4 is 7.32 Å². The van der Waals surface area contributed by atoms with Gasteiger partial charge in [0.15, 0.2) is 0 Å². The van der Waals surface area contributed by atoms with Crippen LogP contribution in [0.25, 0.3) is 0 Å². The maximum absolute atomic E-state index is 5.77. The average molecular weight is 243 g/mol. The highest BCUT2D eigenvalue weighted by Gasteiger charge is 2.40. The van der Waals surface area contributed by atoms with E-state index < -0.39 is 7.32 Å². The van der Waals surface area contributed by atoms with Crippen LogP contribution in [0.3, 0.4) is 0 Å². The first-order valence-corrected chi connectivity index (χ1v) is 6.63. The molecule has 5 heteroatoms. The SMILES string of the molecule is CCN(CC)CCOB1OCC(C)C(C)(C)O1. The van der Waals surface area contributed by atoms with Gasteiger partial charge in [-0.25, -0.2) is 0 Å². The van der Waals surface area contributed by atoms with E-state index in [1.54, 1.807) is 0 Å². The summed E-state index contributed by atoms with van der Waals surface area (Å²) in [6.45, 7) is 15.0. The summed E-state index contributed by atoms with van der Waals surface area (Å²) in [7, 11) is -0.503. The molecule has 4 nitrogen and oxygen atoms in total. The quantitative estimate of drug-likeness (QED) is 0.665. The van der Waals surface area contributed by atoms with Gasteiger partial charge in [0.05, 0.1) is 5.60 Å². The molecule has 100 valence electrons. The number of likely N-dealkylation sites (N-methyl/N-ethyl adjacent to an activating group) is 1. The Morgan fingerprint density at radius 2 is 2.00 bits per heavy atom. The highest BCUT2D eigenvalue weighted by Crippen LogP contribution is 2.27. The molecule has 0 bridgehead atoms. The fraction of sp³-hybridized carbons (Fsp3) is 1.00. The average Bonchev–Trinajstić information content (AvgIpc) is 2.29. The molecule has 0 aliphatic carbocycles. The molecule has 1 unspecified atom stereocenters. The van der Waals surface area contributed by atoms with Gasteiger partial charge in [0.1, 0.15) is 0 Å². The molecule has 1 rings (SSSR count). The Balaban J connectivity index is 2.24. The van der Waals surface area contributed by atoms with Crippen LogP contribution in [0.2, 0.25) is 0 Å². The van der Waals surface area contributed by atoms with Crippen molar-refractivity contribution in [3.05, 3.63) is 0 Å². The predicted molar refractivity (Wildman–Crippen MR) is 69.8 cm³/mol. The Morgan fingerprint density at radius 3 is 2.53 bits per heavy atom. The van der Waals surface area contributed by atoms with E-state index in [2.05, 4.69) is 39.5 Å². The first-order valence-electron chi connectivity index (χ1n) is 6.63. The molecule has 1 fully saturated rings. The maximum atomic E-state index is 5.77. The zero-order valence-electron chi connectivity index (χ0n) is 11.9. The minimum atomic E-state index is -0.503. The lowest BCUT2D eigenvalue weighted by molar-refractivity contribution is -0.0784. The Morgan fingerprint density at radius 1 is 1.35 bits per heavy atom. The molecule has 0 saturated carbocycles. The zero-order chi connectivity index (χ0) is 12.9. The molecule has 0 aromatic heterocycles. The van der Waals surface area contributed by atoms with E-state index in [-0.39, 0.29) is 5.60 Å². The van der Waals surface area contributed by atoms with Crippen LogP contribution in [0.4, 0.5) is 0 Å². The highest BCUT2D eigenvalue weighted by molar-refractivity contribution is 6.36. The van der Waals surface area contributed by atoms with Gasteiger partial charge >= 0.3 is 7.32 Å². The van der Waals surface area contributed by atoms with Crippen molar-refractivity contribution in [2.24, 2.45) is 5.92 Å². The van der Waals surface area contributed by atoms with E-state index in [1.165, 1.54) is 0 Å². The topological polar surface area (TPSA) is 30.9 Å². The zero-order valence-corrected chi connectivity index (χ0v) is 11.9. The lowest BCUT2D eigenvalue weighted by Gasteiger charge is -2.39. The molecular weight excluding hydrogens is 217 g/mol. The summed E-state index contributed by atoms with van der Waals surface area (Å²) >= 11 is 0. The fourth-order valence-corrected chi connectivity index (χ4v) is 1.72. The summed E-state index contributed by atoms with van der Waals surface area (Å²) in [4.78, 5) is 2.32. The third-order valence-electron chi connectivity index (χ3n) is 3.62. The van der Waals surface area contributed by atoms with Crippen LogP contribution in [0.15, 0.2) is 0 Å². The van der Waals surface area contributed by atoms with Crippen LogP contribution in [0, 0.1) is 5.92 Å². The van der Waals surface area contributed by atoms with Gasteiger partial charge in [0.2, 0.25) is 0 Å². The van der Waals surface area contributed by atoms with Gasteiger partial charge in [-0.1, -0.05) is 20.8 Å². The first kappa shape index (κ1) is 15.0. The van der Waals surface area contributed by atoms with Crippen LogP contribution >= 0.6 is 0 Å². The molecule has 1 aliphatic rings. The molecule has 0 aromatic carbocycles. The molecule has 1 saturated heterocycles. The predicted octanol–water partition coefficient (Wildman–Crippen LogP) is 1.79. The van der Waals surface area contributed by atoms with Crippen molar-refractivity contribution in [2.75, 3.05) is 32.8 Å². The van der Waals surface area contributed by atoms with Gasteiger partial charge in [-0.05, 0) is 26.9 Å². The molecule has 1 atom stereocenters. The third kappa shape index (κ3) is 4.58. The second-order valence-electron chi connectivity index (χ2n) is 5.14. The monoisotopic (exact) mass is 243 g/mol. The lowest BCUT2D eigenvalue weighted by atomic mass is 9.89. The van der Waals surface area contributed by atoms with Crippen molar-refractivity contribution in [3.8, 4) is 0 Å². The summed E-state index contributed by atoms with van der Waals surface area (Å²) in [6.07, 6.45) is 0. The van der Waals surface area contributed by atoms with E-state index in [0.29, 0.717) is 19.1 Å². The van der Waals surface area contributed by atoms with Crippen molar-refractivity contribution in [1.29, 1.82) is 0 Å². The van der Waals surface area contributed by atoms with Gasteiger partial charge in [0, 0.05) is 25.7 Å². The van der Waals surface area contributed by atoms with E-state index in [4.69, 9.17) is 14.0 Å². The molecule has 1 heterocycles. The third-order valence-corrected chi connectivity index (χ3v) is 3.62. The fourth-order valence-electron chi connectivity index (χ4n) is 1.72. The summed E-state index contributed by atoms with van der Waals surface area (Å²) < 4.78 is 16.9. The molecule has 0 radical (unpaired) electrons. The number of hydrogen-bond acceptors (Lipinski definition) is 4. The molecule has 0 N–H and O–H groups in total. The standard InChI is InChI=1S/C12H26BNO3/c1-6-14(7-2)8-9-15-13-16-10-11(3)12(4,5)17-13/h11H,6-10H2,1-5H3. The van der Waals surface area contributed by atoms with Gasteiger partial charge in [0.25, 0.3) is 0 Å². The Kier molecular flexibility index (Phi) is 5.93. The minimum Gasteiger partial charge on any atom is -0.385 e. The second kappa shape index (κ2) is 6.73. The Hall–Kier alpha value is -0.0951. The Bertz CT molecular complexity index is 222. The van der Waals surface area contributed by atoms with Crippen molar-refractivity contribution in [1.82, 2.24) is 4.90 Å². The summed E-state index contributed by atoms with van der Waals surface area (Å²) in [5, 5.41) is 0. The van der Waals surface area contributed by atoms with Gasteiger partial charge in [-0.2, -0.15) is 0 Å². The molecule has 0 spiro atoms. The van der Waals surface area contributed by atoms with Crippen LogP contribution in [-0.2, 0) is 14.0 Å². The van der Waals surface area contributed by atoms with Crippen molar-refractivity contribution in [3.63, 3.8) is 0 Å². The summed E-state index contributed by atoms with van der Waals surface area (Å²) in [5.74, 6) is 0.394. The van der Waals surface area contributed by atoms with Gasteiger partial charge in [-0.15, -0.1) is 0 Å². The van der Waals surface area contributed by atoms with Crippen molar-refractivity contribution < 1.29 is 14.0 Å². The highest BCUT2D eigenvalue weighted by atomic mass is 16.7. The molecule has 0 amide bonds. The van der Waals surface area contributed by atoms with Crippen LogP contribution < -0.4 is 0 Å². The van der Waals surface area contributed by atoms with E-state index in [0.717, 1.165) is 19.6 Å². The van der Waals surface area contributed by atoms with Crippen LogP contribution in [0.5, 0.6) is 0 Å². The molecule has 0 aromatic rings. The van der Waals surface area contributed by atoms with Gasteiger partial charge < -0.3 is 18.9 Å². The lowest BCUT2D eigenvalue weighted by Crippen LogP contribution is -2.50. The number of rotatable bonds is 6. The summed E-state index contributed by atoms with van der Waals surface area (Å²) in [6, 6.07) is 0. The Labute approximate surface area is 106 Å². The van der Waals surface area contributed by atoms with E-state index in [9.17, 15) is 0 Å². The molecule has 1 aliphatic heterocycles. The van der Waals surface area contributed by atoms with Crippen molar-refractivity contribution in [2.45, 2.75) is 40.2 Å². The number of hydrogen-bond donors (Lipinski definition) is 0.